The minimum absolute atomic E-state index is 0.0591. The molecule has 6 heteroatoms. The fourth-order valence-corrected chi connectivity index (χ4v) is 2.60. The number of benzene rings is 1. The molecule has 2 rings (SSSR count). The number of carbonyl (C=O) groups is 2. The van der Waals surface area contributed by atoms with E-state index in [1.807, 2.05) is 31.3 Å². The number of carboxylic acid groups (broad SMARTS) is 1. The van der Waals surface area contributed by atoms with Crippen LogP contribution in [0.1, 0.15) is 18.4 Å². The Kier molecular flexibility index (Phi) is 5.16. The van der Waals surface area contributed by atoms with E-state index in [9.17, 15) is 9.59 Å². The van der Waals surface area contributed by atoms with Crippen molar-refractivity contribution in [3.05, 3.63) is 29.8 Å². The zero-order chi connectivity index (χ0) is 15.2. The number of aliphatic carboxylic acids is 1. The Labute approximate surface area is 124 Å². The second kappa shape index (κ2) is 7.08. The van der Waals surface area contributed by atoms with Gasteiger partial charge in [-0.1, -0.05) is 12.1 Å². The fourth-order valence-electron chi connectivity index (χ4n) is 2.60. The van der Waals surface area contributed by atoms with Crippen molar-refractivity contribution in [3.8, 4) is 0 Å². The Morgan fingerprint density at radius 2 is 2.24 bits per heavy atom. The number of hydrogen-bond donors (Lipinski definition) is 3. The lowest BCUT2D eigenvalue weighted by Gasteiger charge is -2.17. The van der Waals surface area contributed by atoms with Crippen molar-refractivity contribution in [2.75, 3.05) is 25.5 Å². The molecule has 0 bridgehead atoms. The van der Waals surface area contributed by atoms with Crippen molar-refractivity contribution in [2.45, 2.75) is 19.4 Å². The normalized spacial score (nSPS) is 17.8. The van der Waals surface area contributed by atoms with Crippen LogP contribution < -0.4 is 10.6 Å². The average molecular weight is 291 g/mol. The highest BCUT2D eigenvalue weighted by molar-refractivity contribution is 5.89. The first-order valence-corrected chi connectivity index (χ1v) is 7.09. The van der Waals surface area contributed by atoms with Crippen LogP contribution in [0.25, 0.3) is 0 Å². The van der Waals surface area contributed by atoms with Crippen LogP contribution >= 0.6 is 0 Å². The summed E-state index contributed by atoms with van der Waals surface area (Å²) in [4.78, 5) is 24.5. The van der Waals surface area contributed by atoms with Crippen LogP contribution in [-0.4, -0.2) is 42.1 Å². The highest BCUT2D eigenvalue weighted by atomic mass is 16.4. The summed E-state index contributed by atoms with van der Waals surface area (Å²) in [5.41, 5.74) is 1.86. The second-order valence-electron chi connectivity index (χ2n) is 5.36. The monoisotopic (exact) mass is 291 g/mol. The Bertz CT molecular complexity index is 519. The molecule has 0 spiro atoms. The minimum Gasteiger partial charge on any atom is -0.481 e. The number of amides is 2. The molecule has 1 aliphatic heterocycles. The standard InChI is InChI=1S/C15H21N3O3/c1-16-9-11-3-2-4-13(7-11)17-15(21)18-6-5-12(10-18)8-14(19)20/h2-4,7,12,16H,5-6,8-10H2,1H3,(H,17,21)(H,19,20). The molecule has 6 nitrogen and oxygen atoms in total. The van der Waals surface area contributed by atoms with Crippen LogP contribution in [0, 0.1) is 5.92 Å². The Morgan fingerprint density at radius 3 is 2.95 bits per heavy atom. The number of anilines is 1. The van der Waals surface area contributed by atoms with Gasteiger partial charge < -0.3 is 20.6 Å². The molecular formula is C15H21N3O3. The Balaban J connectivity index is 1.90. The van der Waals surface area contributed by atoms with Crippen molar-refractivity contribution in [1.29, 1.82) is 0 Å². The van der Waals surface area contributed by atoms with Gasteiger partial charge in [-0.05, 0) is 37.1 Å². The topological polar surface area (TPSA) is 81.7 Å². The summed E-state index contributed by atoms with van der Waals surface area (Å²) in [6.07, 6.45) is 0.876. The van der Waals surface area contributed by atoms with Gasteiger partial charge in [-0.2, -0.15) is 0 Å². The number of nitrogens with zero attached hydrogens (tertiary/aromatic N) is 1. The predicted octanol–water partition coefficient (Wildman–Crippen LogP) is 1.73. The zero-order valence-electron chi connectivity index (χ0n) is 12.1. The average Bonchev–Trinajstić information content (AvgIpc) is 2.87. The molecule has 1 aromatic carbocycles. The molecule has 1 aromatic rings. The quantitative estimate of drug-likeness (QED) is 0.771. The van der Waals surface area contributed by atoms with Gasteiger partial charge in [0.25, 0.3) is 0 Å². The number of carbonyl (C=O) groups excluding carboxylic acids is 1. The lowest BCUT2D eigenvalue weighted by Crippen LogP contribution is -2.33. The first-order chi connectivity index (χ1) is 10.1. The van der Waals surface area contributed by atoms with Crippen LogP contribution in [0.3, 0.4) is 0 Å². The maximum absolute atomic E-state index is 12.2. The molecule has 0 saturated carbocycles. The van der Waals surface area contributed by atoms with Gasteiger partial charge >= 0.3 is 12.0 Å². The minimum atomic E-state index is -0.804. The van der Waals surface area contributed by atoms with Crippen molar-refractivity contribution < 1.29 is 14.7 Å². The number of nitrogens with one attached hydrogen (secondary N) is 2. The molecule has 1 unspecified atom stereocenters. The summed E-state index contributed by atoms with van der Waals surface area (Å²) < 4.78 is 0. The molecule has 2 amide bonds. The van der Waals surface area contributed by atoms with Gasteiger partial charge in [0.1, 0.15) is 0 Å². The highest BCUT2D eigenvalue weighted by Crippen LogP contribution is 2.20. The third-order valence-electron chi connectivity index (χ3n) is 3.60. The van der Waals surface area contributed by atoms with Crippen LogP contribution in [0.4, 0.5) is 10.5 Å². The second-order valence-corrected chi connectivity index (χ2v) is 5.36. The third-order valence-corrected chi connectivity index (χ3v) is 3.60. The van der Waals surface area contributed by atoms with E-state index in [0.29, 0.717) is 13.1 Å². The molecule has 114 valence electrons. The van der Waals surface area contributed by atoms with E-state index in [1.165, 1.54) is 0 Å². The van der Waals surface area contributed by atoms with Crippen LogP contribution in [0.5, 0.6) is 0 Å². The molecule has 1 aliphatic rings. The number of likely N-dealkylation sites (tertiary alicyclic amines) is 1. The SMILES string of the molecule is CNCc1cccc(NC(=O)N2CCC(CC(=O)O)C2)c1. The first kappa shape index (κ1) is 15.3. The van der Waals surface area contributed by atoms with Gasteiger partial charge in [0.2, 0.25) is 0 Å². The van der Waals surface area contributed by atoms with Gasteiger partial charge in [0.15, 0.2) is 0 Å². The molecule has 0 aliphatic carbocycles. The van der Waals surface area contributed by atoms with Gasteiger partial charge in [0.05, 0.1) is 0 Å². The predicted molar refractivity (Wildman–Crippen MR) is 80.2 cm³/mol. The largest absolute Gasteiger partial charge is 0.481 e. The van der Waals surface area contributed by atoms with E-state index < -0.39 is 5.97 Å². The molecule has 21 heavy (non-hydrogen) atoms. The molecule has 1 saturated heterocycles. The van der Waals surface area contributed by atoms with E-state index in [0.717, 1.165) is 24.2 Å². The smallest absolute Gasteiger partial charge is 0.321 e. The highest BCUT2D eigenvalue weighted by Gasteiger charge is 2.27. The molecule has 0 aromatic heterocycles. The Morgan fingerprint density at radius 1 is 1.43 bits per heavy atom. The summed E-state index contributed by atoms with van der Waals surface area (Å²) in [5, 5.41) is 14.7. The molecule has 1 heterocycles. The molecule has 3 N–H and O–H groups in total. The third kappa shape index (κ3) is 4.46. The molecule has 0 radical (unpaired) electrons. The molecule has 1 fully saturated rings. The van der Waals surface area contributed by atoms with Gasteiger partial charge in [-0.25, -0.2) is 4.79 Å². The lowest BCUT2D eigenvalue weighted by molar-refractivity contribution is -0.138. The van der Waals surface area contributed by atoms with Crippen molar-refractivity contribution >= 4 is 17.7 Å². The van der Waals surface area contributed by atoms with Gasteiger partial charge in [0, 0.05) is 31.7 Å². The van der Waals surface area contributed by atoms with E-state index >= 15 is 0 Å². The van der Waals surface area contributed by atoms with Gasteiger partial charge in [-0.3, -0.25) is 4.79 Å². The van der Waals surface area contributed by atoms with Crippen molar-refractivity contribution in [3.63, 3.8) is 0 Å². The van der Waals surface area contributed by atoms with E-state index in [2.05, 4.69) is 10.6 Å². The first-order valence-electron chi connectivity index (χ1n) is 7.09. The van der Waals surface area contributed by atoms with Crippen molar-refractivity contribution in [2.24, 2.45) is 5.92 Å². The molecular weight excluding hydrogens is 270 g/mol. The van der Waals surface area contributed by atoms with Crippen molar-refractivity contribution in [1.82, 2.24) is 10.2 Å². The zero-order valence-corrected chi connectivity index (χ0v) is 12.1. The number of urea groups is 1. The molecule has 1 atom stereocenters. The summed E-state index contributed by atoms with van der Waals surface area (Å²) in [5.74, 6) is -0.745. The summed E-state index contributed by atoms with van der Waals surface area (Å²) in [6, 6.07) is 7.51. The Hall–Kier alpha value is -2.08. The van der Waals surface area contributed by atoms with Crippen LogP contribution in [0.2, 0.25) is 0 Å². The maximum Gasteiger partial charge on any atom is 0.321 e. The number of hydrogen-bond acceptors (Lipinski definition) is 3. The summed E-state index contributed by atoms with van der Waals surface area (Å²) >= 11 is 0. The number of carboxylic acids is 1. The van der Waals surface area contributed by atoms with Gasteiger partial charge in [-0.15, -0.1) is 0 Å². The van der Waals surface area contributed by atoms with Crippen LogP contribution in [-0.2, 0) is 11.3 Å². The fraction of sp³-hybridized carbons (Fsp3) is 0.467. The summed E-state index contributed by atoms with van der Waals surface area (Å²) in [7, 11) is 1.87. The number of rotatable bonds is 5. The van der Waals surface area contributed by atoms with Crippen LogP contribution in [0.15, 0.2) is 24.3 Å². The summed E-state index contributed by atoms with van der Waals surface area (Å²) in [6.45, 7) is 1.86. The van der Waals surface area contributed by atoms with E-state index in [1.54, 1.807) is 4.90 Å². The van der Waals surface area contributed by atoms with E-state index in [4.69, 9.17) is 5.11 Å². The van der Waals surface area contributed by atoms with E-state index in [-0.39, 0.29) is 18.4 Å². The maximum atomic E-state index is 12.2. The lowest BCUT2D eigenvalue weighted by atomic mass is 10.1.